The van der Waals surface area contributed by atoms with Gasteiger partial charge in [0.2, 0.25) is 0 Å². The van der Waals surface area contributed by atoms with Gasteiger partial charge in [-0.2, -0.15) is 0 Å². The van der Waals surface area contributed by atoms with E-state index in [1.54, 1.807) is 43.3 Å². The smallest absolute Gasteiger partial charge is 0.313 e. The van der Waals surface area contributed by atoms with Crippen molar-refractivity contribution in [2.45, 2.75) is 13.0 Å². The van der Waals surface area contributed by atoms with E-state index in [0.29, 0.717) is 5.56 Å². The predicted octanol–water partition coefficient (Wildman–Crippen LogP) is 2.47. The first-order valence-electron chi connectivity index (χ1n) is 7.97. The van der Waals surface area contributed by atoms with Crippen molar-refractivity contribution in [1.29, 1.82) is 0 Å². The molecule has 2 aromatic carbocycles. The van der Waals surface area contributed by atoms with Crippen molar-refractivity contribution < 1.29 is 23.8 Å². The summed E-state index contributed by atoms with van der Waals surface area (Å²) < 4.78 is 18.9. The standard InChI is InChI=1S/C19H20FNO4/c1-2-25-19(24)15(17(22)14-10-6-7-11-16(14)20)12-21-18(23)13-8-4-3-5-9-13/h3-11,15,17,22H,2,12H2,1H3,(H,21,23)/t15-,17-/m1/s1. The molecule has 0 aromatic heterocycles. The number of benzene rings is 2. The summed E-state index contributed by atoms with van der Waals surface area (Å²) in [5.74, 6) is -2.84. The molecule has 0 heterocycles. The highest BCUT2D eigenvalue weighted by Gasteiger charge is 2.31. The fourth-order valence-electron chi connectivity index (χ4n) is 2.40. The second-order valence-corrected chi connectivity index (χ2v) is 5.40. The third-order valence-corrected chi connectivity index (χ3v) is 3.71. The maximum absolute atomic E-state index is 13.9. The van der Waals surface area contributed by atoms with E-state index >= 15 is 0 Å². The van der Waals surface area contributed by atoms with Gasteiger partial charge in [-0.05, 0) is 25.1 Å². The molecule has 5 nitrogen and oxygen atoms in total. The van der Waals surface area contributed by atoms with Gasteiger partial charge in [-0.25, -0.2) is 4.39 Å². The SMILES string of the molecule is CCOC(=O)[C@H](CNC(=O)c1ccccc1)[C@H](O)c1ccccc1F. The maximum Gasteiger partial charge on any atom is 0.313 e. The maximum atomic E-state index is 13.9. The first-order chi connectivity index (χ1) is 12.0. The number of aliphatic hydroxyl groups excluding tert-OH is 1. The molecule has 0 bridgehead atoms. The highest BCUT2D eigenvalue weighted by Crippen LogP contribution is 2.25. The van der Waals surface area contributed by atoms with Gasteiger partial charge in [0.15, 0.2) is 0 Å². The van der Waals surface area contributed by atoms with Crippen molar-refractivity contribution in [2.75, 3.05) is 13.2 Å². The van der Waals surface area contributed by atoms with Crippen LogP contribution in [0, 0.1) is 11.7 Å². The minimum Gasteiger partial charge on any atom is -0.466 e. The van der Waals surface area contributed by atoms with Gasteiger partial charge in [-0.15, -0.1) is 0 Å². The van der Waals surface area contributed by atoms with Crippen LogP contribution < -0.4 is 5.32 Å². The number of rotatable bonds is 7. The molecule has 2 aromatic rings. The minimum absolute atomic E-state index is 0.0190. The van der Waals surface area contributed by atoms with Crippen LogP contribution in [0.2, 0.25) is 0 Å². The van der Waals surface area contributed by atoms with E-state index < -0.39 is 29.7 Å². The number of carbonyl (C=O) groups is 2. The average Bonchev–Trinajstić information content (AvgIpc) is 2.63. The molecule has 0 unspecified atom stereocenters. The number of hydrogen-bond donors (Lipinski definition) is 2. The molecule has 2 atom stereocenters. The van der Waals surface area contributed by atoms with Crippen molar-refractivity contribution in [2.24, 2.45) is 5.92 Å². The highest BCUT2D eigenvalue weighted by molar-refractivity contribution is 5.94. The number of aliphatic hydroxyl groups is 1. The second kappa shape index (κ2) is 8.94. The van der Waals surface area contributed by atoms with Gasteiger partial charge in [0.05, 0.1) is 12.7 Å². The van der Waals surface area contributed by atoms with Gasteiger partial charge in [-0.1, -0.05) is 36.4 Å². The van der Waals surface area contributed by atoms with Gasteiger partial charge in [-0.3, -0.25) is 9.59 Å². The van der Waals surface area contributed by atoms with E-state index in [0.717, 1.165) is 0 Å². The Kier molecular flexibility index (Phi) is 6.65. The molecule has 0 radical (unpaired) electrons. The number of carbonyl (C=O) groups excluding carboxylic acids is 2. The summed E-state index contributed by atoms with van der Waals surface area (Å²) in [6.07, 6.45) is -1.43. The van der Waals surface area contributed by atoms with E-state index in [9.17, 15) is 19.1 Å². The second-order valence-electron chi connectivity index (χ2n) is 5.40. The minimum atomic E-state index is -1.43. The third-order valence-electron chi connectivity index (χ3n) is 3.71. The number of halogens is 1. The van der Waals surface area contributed by atoms with Crippen LogP contribution in [0.4, 0.5) is 4.39 Å². The normalized spacial score (nSPS) is 12.9. The zero-order chi connectivity index (χ0) is 18.2. The molecule has 6 heteroatoms. The summed E-state index contributed by atoms with van der Waals surface area (Å²) in [4.78, 5) is 24.3. The molecule has 0 spiro atoms. The molecule has 2 rings (SSSR count). The molecule has 25 heavy (non-hydrogen) atoms. The first-order valence-corrected chi connectivity index (χ1v) is 7.97. The Morgan fingerprint density at radius 1 is 1.12 bits per heavy atom. The molecule has 0 fully saturated rings. The average molecular weight is 345 g/mol. The van der Waals surface area contributed by atoms with Crippen LogP contribution in [0.5, 0.6) is 0 Å². The Morgan fingerprint density at radius 3 is 2.40 bits per heavy atom. The molecular formula is C19H20FNO4. The summed E-state index contributed by atoms with van der Waals surface area (Å²) in [6, 6.07) is 14.1. The Morgan fingerprint density at radius 2 is 1.76 bits per heavy atom. The summed E-state index contributed by atoms with van der Waals surface area (Å²) in [7, 11) is 0. The van der Waals surface area contributed by atoms with Crippen molar-refractivity contribution >= 4 is 11.9 Å². The Bertz CT molecular complexity index is 720. The van der Waals surface area contributed by atoms with Crippen LogP contribution in [-0.2, 0) is 9.53 Å². The summed E-state index contributed by atoms with van der Waals surface area (Å²) in [5.41, 5.74) is 0.403. The van der Waals surface area contributed by atoms with Gasteiger partial charge in [0, 0.05) is 17.7 Å². The molecule has 0 aliphatic heterocycles. The Hall–Kier alpha value is -2.73. The largest absolute Gasteiger partial charge is 0.466 e. The van der Waals surface area contributed by atoms with Crippen LogP contribution in [0.3, 0.4) is 0 Å². The Balaban J connectivity index is 2.14. The van der Waals surface area contributed by atoms with Gasteiger partial charge >= 0.3 is 5.97 Å². The summed E-state index contributed by atoms with van der Waals surface area (Å²) >= 11 is 0. The van der Waals surface area contributed by atoms with Crippen LogP contribution >= 0.6 is 0 Å². The lowest BCUT2D eigenvalue weighted by Crippen LogP contribution is -2.37. The van der Waals surface area contributed by atoms with Crippen molar-refractivity contribution in [3.05, 3.63) is 71.5 Å². The fourth-order valence-corrected chi connectivity index (χ4v) is 2.40. The molecule has 0 aliphatic carbocycles. The highest BCUT2D eigenvalue weighted by atomic mass is 19.1. The number of nitrogens with one attached hydrogen (secondary N) is 1. The van der Waals surface area contributed by atoms with Crippen molar-refractivity contribution in [1.82, 2.24) is 5.32 Å². The topological polar surface area (TPSA) is 75.6 Å². The Labute approximate surface area is 145 Å². The third kappa shape index (κ3) is 4.87. The number of hydrogen-bond acceptors (Lipinski definition) is 4. The zero-order valence-corrected chi connectivity index (χ0v) is 13.8. The molecule has 2 N–H and O–H groups in total. The van der Waals surface area contributed by atoms with E-state index in [1.807, 2.05) is 0 Å². The molecule has 0 aliphatic rings. The lowest BCUT2D eigenvalue weighted by Gasteiger charge is -2.22. The number of esters is 1. The fraction of sp³-hybridized carbons (Fsp3) is 0.263. The lowest BCUT2D eigenvalue weighted by atomic mass is 9.95. The van der Waals surface area contributed by atoms with Crippen molar-refractivity contribution in [3.63, 3.8) is 0 Å². The molecule has 0 saturated heterocycles. The molecular weight excluding hydrogens is 325 g/mol. The van der Waals surface area contributed by atoms with Crippen LogP contribution in [0.15, 0.2) is 54.6 Å². The van der Waals surface area contributed by atoms with E-state index in [4.69, 9.17) is 4.74 Å². The first kappa shape index (κ1) is 18.6. The zero-order valence-electron chi connectivity index (χ0n) is 13.8. The van der Waals surface area contributed by atoms with Crippen molar-refractivity contribution in [3.8, 4) is 0 Å². The van der Waals surface area contributed by atoms with Crippen LogP contribution in [0.25, 0.3) is 0 Å². The summed E-state index contributed by atoms with van der Waals surface area (Å²) in [6.45, 7) is 1.57. The molecule has 1 amide bonds. The number of ether oxygens (including phenoxy) is 1. The van der Waals surface area contributed by atoms with Gasteiger partial charge < -0.3 is 15.2 Å². The van der Waals surface area contributed by atoms with Crippen LogP contribution in [-0.4, -0.2) is 30.1 Å². The van der Waals surface area contributed by atoms with Gasteiger partial charge in [0.1, 0.15) is 11.7 Å². The number of amides is 1. The molecule has 132 valence electrons. The molecule has 0 saturated carbocycles. The summed E-state index contributed by atoms with van der Waals surface area (Å²) in [5, 5.41) is 13.0. The quantitative estimate of drug-likeness (QED) is 0.756. The lowest BCUT2D eigenvalue weighted by molar-refractivity contribution is -0.152. The van der Waals surface area contributed by atoms with E-state index in [-0.39, 0.29) is 18.7 Å². The van der Waals surface area contributed by atoms with E-state index in [1.165, 1.54) is 18.2 Å². The van der Waals surface area contributed by atoms with Gasteiger partial charge in [0.25, 0.3) is 5.91 Å². The van der Waals surface area contributed by atoms with Crippen LogP contribution in [0.1, 0.15) is 28.9 Å². The monoisotopic (exact) mass is 345 g/mol. The predicted molar refractivity (Wildman–Crippen MR) is 90.3 cm³/mol. The van der Waals surface area contributed by atoms with E-state index in [2.05, 4.69) is 5.32 Å².